The molecule has 4 heteroatoms. The predicted octanol–water partition coefficient (Wildman–Crippen LogP) is -0.384. The Morgan fingerprint density at radius 2 is 2.18 bits per heavy atom. The zero-order chi connectivity index (χ0) is 8.91. The van der Waals surface area contributed by atoms with Gasteiger partial charge >= 0.3 is 5.97 Å². The van der Waals surface area contributed by atoms with Crippen LogP contribution >= 0.6 is 0 Å². The van der Waals surface area contributed by atoms with E-state index in [1.54, 1.807) is 6.92 Å². The highest BCUT2D eigenvalue weighted by atomic mass is 16.5. The molecular weight excluding hydrogens is 144 g/mol. The third-order valence-electron chi connectivity index (χ3n) is 1.55. The van der Waals surface area contributed by atoms with Crippen LogP contribution in [-0.2, 0) is 9.53 Å². The summed E-state index contributed by atoms with van der Waals surface area (Å²) < 4.78 is 4.51. The Labute approximate surface area is 66.9 Å². The lowest BCUT2D eigenvalue weighted by Crippen LogP contribution is -2.45. The second kappa shape index (κ2) is 4.31. The van der Waals surface area contributed by atoms with Crippen LogP contribution < -0.4 is 11.5 Å². The largest absolute Gasteiger partial charge is 0.468 e. The van der Waals surface area contributed by atoms with Crippen molar-refractivity contribution in [2.45, 2.75) is 25.3 Å². The molecule has 0 spiro atoms. The Hall–Kier alpha value is -0.610. The second-order valence-electron chi connectivity index (χ2n) is 2.80. The fourth-order valence-corrected chi connectivity index (χ4v) is 0.805. The summed E-state index contributed by atoms with van der Waals surface area (Å²) in [5.74, 6) is -0.383. The van der Waals surface area contributed by atoms with E-state index in [9.17, 15) is 4.79 Å². The number of carbonyl (C=O) groups excluding carboxylic acids is 1. The van der Waals surface area contributed by atoms with Crippen LogP contribution in [-0.4, -0.2) is 25.2 Å². The van der Waals surface area contributed by atoms with Crippen molar-refractivity contribution in [1.82, 2.24) is 0 Å². The SMILES string of the molecule is COC(=O)[C@@](C)(N)CCCN. The van der Waals surface area contributed by atoms with E-state index in [-0.39, 0.29) is 5.97 Å². The Morgan fingerprint density at radius 3 is 2.55 bits per heavy atom. The minimum atomic E-state index is -0.881. The van der Waals surface area contributed by atoms with E-state index < -0.39 is 5.54 Å². The number of hydrogen-bond acceptors (Lipinski definition) is 4. The Kier molecular flexibility index (Phi) is 4.07. The first kappa shape index (κ1) is 10.4. The lowest BCUT2D eigenvalue weighted by atomic mass is 9.97. The van der Waals surface area contributed by atoms with Gasteiger partial charge in [0.05, 0.1) is 7.11 Å². The number of hydrogen-bond donors (Lipinski definition) is 2. The summed E-state index contributed by atoms with van der Waals surface area (Å²) in [6.07, 6.45) is 1.30. The van der Waals surface area contributed by atoms with Crippen molar-refractivity contribution >= 4 is 5.97 Å². The zero-order valence-corrected chi connectivity index (χ0v) is 7.09. The van der Waals surface area contributed by atoms with Crippen LogP contribution in [0.3, 0.4) is 0 Å². The van der Waals surface area contributed by atoms with Gasteiger partial charge in [0.25, 0.3) is 0 Å². The van der Waals surface area contributed by atoms with E-state index in [0.717, 1.165) is 6.42 Å². The maximum atomic E-state index is 11.0. The quantitative estimate of drug-likeness (QED) is 0.549. The molecule has 4 N–H and O–H groups in total. The summed E-state index contributed by atoms with van der Waals surface area (Å²) >= 11 is 0. The normalized spacial score (nSPS) is 15.6. The molecule has 0 aliphatic heterocycles. The van der Waals surface area contributed by atoms with E-state index in [1.807, 2.05) is 0 Å². The van der Waals surface area contributed by atoms with E-state index in [2.05, 4.69) is 4.74 Å². The summed E-state index contributed by atoms with van der Waals surface area (Å²) in [4.78, 5) is 11.0. The highest BCUT2D eigenvalue weighted by molar-refractivity contribution is 5.79. The molecule has 0 aliphatic carbocycles. The molecule has 0 aromatic heterocycles. The molecule has 0 saturated heterocycles. The predicted molar refractivity (Wildman–Crippen MR) is 42.9 cm³/mol. The van der Waals surface area contributed by atoms with E-state index in [0.29, 0.717) is 13.0 Å². The van der Waals surface area contributed by atoms with Crippen LogP contribution in [0.4, 0.5) is 0 Å². The maximum Gasteiger partial charge on any atom is 0.325 e. The molecule has 0 rings (SSSR count). The number of rotatable bonds is 4. The smallest absolute Gasteiger partial charge is 0.325 e. The summed E-state index contributed by atoms with van der Waals surface area (Å²) in [6, 6.07) is 0. The second-order valence-corrected chi connectivity index (χ2v) is 2.80. The van der Waals surface area contributed by atoms with Crippen molar-refractivity contribution in [2.75, 3.05) is 13.7 Å². The summed E-state index contributed by atoms with van der Waals surface area (Å²) in [5, 5.41) is 0. The van der Waals surface area contributed by atoms with Gasteiger partial charge in [0, 0.05) is 0 Å². The van der Waals surface area contributed by atoms with Crippen LogP contribution in [0, 0.1) is 0 Å². The lowest BCUT2D eigenvalue weighted by Gasteiger charge is -2.20. The molecule has 0 saturated carbocycles. The van der Waals surface area contributed by atoms with Crippen LogP contribution in [0.2, 0.25) is 0 Å². The standard InChI is InChI=1S/C7H16N2O2/c1-7(9,4-3-5-8)6(10)11-2/h3-5,8-9H2,1-2H3/t7-/m0/s1. The van der Waals surface area contributed by atoms with Crippen molar-refractivity contribution in [1.29, 1.82) is 0 Å². The van der Waals surface area contributed by atoms with Gasteiger partial charge in [-0.3, -0.25) is 4.79 Å². The minimum absolute atomic E-state index is 0.383. The van der Waals surface area contributed by atoms with Crippen molar-refractivity contribution < 1.29 is 9.53 Å². The van der Waals surface area contributed by atoms with Gasteiger partial charge in [-0.2, -0.15) is 0 Å². The molecule has 0 aromatic carbocycles. The first-order chi connectivity index (χ1) is 5.04. The number of ether oxygens (including phenoxy) is 1. The fraction of sp³-hybridized carbons (Fsp3) is 0.857. The molecule has 0 heterocycles. The van der Waals surface area contributed by atoms with Gasteiger partial charge in [0.2, 0.25) is 0 Å². The van der Waals surface area contributed by atoms with Crippen molar-refractivity contribution in [3.8, 4) is 0 Å². The summed E-state index contributed by atoms with van der Waals surface area (Å²) in [6.45, 7) is 2.19. The van der Waals surface area contributed by atoms with Gasteiger partial charge in [-0.15, -0.1) is 0 Å². The number of esters is 1. The molecule has 11 heavy (non-hydrogen) atoms. The van der Waals surface area contributed by atoms with Gasteiger partial charge in [-0.25, -0.2) is 0 Å². The van der Waals surface area contributed by atoms with E-state index in [4.69, 9.17) is 11.5 Å². The van der Waals surface area contributed by atoms with E-state index in [1.165, 1.54) is 7.11 Å². The molecule has 0 aromatic rings. The third kappa shape index (κ3) is 3.34. The Morgan fingerprint density at radius 1 is 1.64 bits per heavy atom. The lowest BCUT2D eigenvalue weighted by molar-refractivity contribution is -0.146. The topological polar surface area (TPSA) is 78.3 Å². The van der Waals surface area contributed by atoms with Crippen LogP contribution in [0.5, 0.6) is 0 Å². The molecule has 0 fully saturated rings. The van der Waals surface area contributed by atoms with E-state index >= 15 is 0 Å². The molecule has 1 atom stereocenters. The molecule has 0 amide bonds. The number of nitrogens with two attached hydrogens (primary N) is 2. The minimum Gasteiger partial charge on any atom is -0.468 e. The highest BCUT2D eigenvalue weighted by Gasteiger charge is 2.28. The molecular formula is C7H16N2O2. The molecule has 4 nitrogen and oxygen atoms in total. The van der Waals surface area contributed by atoms with Crippen LogP contribution in [0.1, 0.15) is 19.8 Å². The van der Waals surface area contributed by atoms with Gasteiger partial charge in [-0.1, -0.05) is 0 Å². The highest BCUT2D eigenvalue weighted by Crippen LogP contribution is 2.09. The summed E-state index contributed by atoms with van der Waals surface area (Å²) in [7, 11) is 1.33. The molecule has 0 unspecified atom stereocenters. The van der Waals surface area contributed by atoms with Gasteiger partial charge in [0.1, 0.15) is 5.54 Å². The number of carbonyl (C=O) groups is 1. The monoisotopic (exact) mass is 160 g/mol. The van der Waals surface area contributed by atoms with Crippen LogP contribution in [0.25, 0.3) is 0 Å². The van der Waals surface area contributed by atoms with Crippen molar-refractivity contribution in [2.24, 2.45) is 11.5 Å². The average Bonchev–Trinajstić information content (AvgIpc) is 1.99. The molecule has 0 aliphatic rings. The van der Waals surface area contributed by atoms with Crippen molar-refractivity contribution in [3.63, 3.8) is 0 Å². The molecule has 66 valence electrons. The Balaban J connectivity index is 3.88. The van der Waals surface area contributed by atoms with Gasteiger partial charge in [-0.05, 0) is 26.3 Å². The van der Waals surface area contributed by atoms with Crippen LogP contribution in [0.15, 0.2) is 0 Å². The third-order valence-corrected chi connectivity index (χ3v) is 1.55. The Bertz CT molecular complexity index is 134. The zero-order valence-electron chi connectivity index (χ0n) is 7.09. The average molecular weight is 160 g/mol. The van der Waals surface area contributed by atoms with Gasteiger partial charge < -0.3 is 16.2 Å². The van der Waals surface area contributed by atoms with Crippen molar-refractivity contribution in [3.05, 3.63) is 0 Å². The number of methoxy groups -OCH3 is 1. The van der Waals surface area contributed by atoms with Gasteiger partial charge in [0.15, 0.2) is 0 Å². The first-order valence-corrected chi connectivity index (χ1v) is 3.62. The fourth-order valence-electron chi connectivity index (χ4n) is 0.805. The first-order valence-electron chi connectivity index (χ1n) is 3.62. The molecule has 0 radical (unpaired) electrons. The molecule has 0 bridgehead atoms. The summed E-state index contributed by atoms with van der Waals surface area (Å²) in [5.41, 5.74) is 10.0. The maximum absolute atomic E-state index is 11.0.